The summed E-state index contributed by atoms with van der Waals surface area (Å²) in [5, 5.41) is 3.48. The van der Waals surface area contributed by atoms with Crippen LogP contribution >= 0.6 is 11.3 Å². The lowest BCUT2D eigenvalue weighted by Crippen LogP contribution is -2.46. The predicted molar refractivity (Wildman–Crippen MR) is 87.9 cm³/mol. The van der Waals surface area contributed by atoms with Crippen LogP contribution in [0.25, 0.3) is 10.1 Å². The van der Waals surface area contributed by atoms with Crippen molar-refractivity contribution in [2.24, 2.45) is 5.73 Å². The normalized spacial score (nSPS) is 16.6. The summed E-state index contributed by atoms with van der Waals surface area (Å²) in [6.45, 7) is 1.72. The number of piperidine rings is 1. The Kier molecular flexibility index (Phi) is 4.58. The van der Waals surface area contributed by atoms with Gasteiger partial charge < -0.3 is 11.1 Å². The number of benzene rings is 1. The van der Waals surface area contributed by atoms with Gasteiger partial charge in [-0.05, 0) is 31.0 Å². The largest absolute Gasteiger partial charge is 0.369 e. The fraction of sp³-hybridized carbons (Fsp3) is 0.375. The molecular formula is C16H18FN3O2S. The summed E-state index contributed by atoms with van der Waals surface area (Å²) < 4.78 is 14.5. The number of nitrogens with two attached hydrogens (primary N) is 1. The Labute approximate surface area is 137 Å². The van der Waals surface area contributed by atoms with Crippen molar-refractivity contribution in [3.63, 3.8) is 0 Å². The molecule has 5 nitrogen and oxygen atoms in total. The Hall–Kier alpha value is -1.99. The van der Waals surface area contributed by atoms with Gasteiger partial charge in [0.1, 0.15) is 5.82 Å². The van der Waals surface area contributed by atoms with E-state index < -0.39 is 0 Å². The first-order valence-corrected chi connectivity index (χ1v) is 8.34. The second kappa shape index (κ2) is 6.64. The smallest absolute Gasteiger partial charge is 0.261 e. The maximum atomic E-state index is 13.7. The van der Waals surface area contributed by atoms with E-state index in [1.165, 1.54) is 17.4 Å². The summed E-state index contributed by atoms with van der Waals surface area (Å²) >= 11 is 1.29. The molecule has 2 aromatic rings. The lowest BCUT2D eigenvalue weighted by Gasteiger charge is -2.31. The van der Waals surface area contributed by atoms with Crippen LogP contribution in [0.1, 0.15) is 22.5 Å². The van der Waals surface area contributed by atoms with E-state index in [1.54, 1.807) is 12.1 Å². The van der Waals surface area contributed by atoms with Crippen molar-refractivity contribution in [3.05, 3.63) is 35.0 Å². The second-order valence-electron chi connectivity index (χ2n) is 5.75. The number of hydrogen-bond donors (Lipinski definition) is 2. The molecule has 0 radical (unpaired) electrons. The molecule has 0 atom stereocenters. The van der Waals surface area contributed by atoms with E-state index in [4.69, 9.17) is 5.73 Å². The predicted octanol–water partition coefficient (Wildman–Crippen LogP) is 1.72. The molecule has 122 valence electrons. The Morgan fingerprint density at radius 2 is 2.09 bits per heavy atom. The highest BCUT2D eigenvalue weighted by Gasteiger charge is 2.22. The average molecular weight is 335 g/mol. The molecule has 3 rings (SSSR count). The lowest BCUT2D eigenvalue weighted by atomic mass is 10.0. The van der Waals surface area contributed by atoms with E-state index in [1.807, 2.05) is 11.0 Å². The van der Waals surface area contributed by atoms with Crippen LogP contribution in [0, 0.1) is 5.82 Å². The Balaban J connectivity index is 1.61. The molecule has 23 heavy (non-hydrogen) atoms. The van der Waals surface area contributed by atoms with E-state index in [0.29, 0.717) is 10.3 Å². The second-order valence-corrected chi connectivity index (χ2v) is 6.84. The number of rotatable bonds is 4. The van der Waals surface area contributed by atoms with E-state index in [9.17, 15) is 14.0 Å². The topological polar surface area (TPSA) is 75.4 Å². The molecule has 0 spiro atoms. The first kappa shape index (κ1) is 15.9. The van der Waals surface area contributed by atoms with Gasteiger partial charge in [0.25, 0.3) is 5.91 Å². The van der Waals surface area contributed by atoms with Gasteiger partial charge in [0.15, 0.2) is 0 Å². The van der Waals surface area contributed by atoms with Crippen molar-refractivity contribution in [3.8, 4) is 0 Å². The summed E-state index contributed by atoms with van der Waals surface area (Å²) in [5.74, 6) is -0.809. The molecular weight excluding hydrogens is 317 g/mol. The van der Waals surface area contributed by atoms with E-state index in [-0.39, 0.29) is 30.2 Å². The third-order valence-corrected chi connectivity index (χ3v) is 5.13. The van der Waals surface area contributed by atoms with Crippen molar-refractivity contribution in [2.45, 2.75) is 18.9 Å². The van der Waals surface area contributed by atoms with Gasteiger partial charge in [-0.2, -0.15) is 0 Å². The van der Waals surface area contributed by atoms with Crippen molar-refractivity contribution in [1.82, 2.24) is 10.2 Å². The fourth-order valence-corrected chi connectivity index (χ4v) is 3.83. The van der Waals surface area contributed by atoms with E-state index in [2.05, 4.69) is 5.32 Å². The molecule has 0 unspecified atom stereocenters. The van der Waals surface area contributed by atoms with E-state index in [0.717, 1.165) is 30.6 Å². The number of thiophene rings is 1. The third-order valence-electron chi connectivity index (χ3n) is 4.03. The first-order chi connectivity index (χ1) is 11.0. The zero-order valence-electron chi connectivity index (χ0n) is 12.5. The molecule has 1 aromatic carbocycles. The molecule has 7 heteroatoms. The molecule has 0 aliphatic carbocycles. The summed E-state index contributed by atoms with van der Waals surface area (Å²) in [6, 6.07) is 6.52. The molecule has 1 fully saturated rings. The highest BCUT2D eigenvalue weighted by atomic mass is 32.1. The highest BCUT2D eigenvalue weighted by molar-refractivity contribution is 7.20. The summed E-state index contributed by atoms with van der Waals surface area (Å²) in [5.41, 5.74) is 5.18. The number of hydrogen-bond acceptors (Lipinski definition) is 4. The monoisotopic (exact) mass is 335 g/mol. The summed E-state index contributed by atoms with van der Waals surface area (Å²) in [6.07, 6.45) is 1.55. The van der Waals surface area contributed by atoms with Gasteiger partial charge in [-0.15, -0.1) is 11.3 Å². The zero-order chi connectivity index (χ0) is 16.4. The lowest BCUT2D eigenvalue weighted by molar-refractivity contribution is -0.119. The number of nitrogens with one attached hydrogen (secondary N) is 1. The van der Waals surface area contributed by atoms with Crippen molar-refractivity contribution in [1.29, 1.82) is 0 Å². The van der Waals surface area contributed by atoms with Crippen molar-refractivity contribution < 1.29 is 14.0 Å². The molecule has 1 aromatic heterocycles. The number of fused-ring (bicyclic) bond motifs is 1. The van der Waals surface area contributed by atoms with Gasteiger partial charge in [-0.3, -0.25) is 14.5 Å². The number of halogens is 1. The van der Waals surface area contributed by atoms with Gasteiger partial charge in [-0.1, -0.05) is 6.07 Å². The Morgan fingerprint density at radius 3 is 2.74 bits per heavy atom. The van der Waals surface area contributed by atoms with Crippen molar-refractivity contribution >= 4 is 33.2 Å². The SMILES string of the molecule is NC(=O)CN1CCC(NC(=O)c2cc3c(F)cccc3s2)CC1. The van der Waals surface area contributed by atoms with Crippen LogP contribution in [0.4, 0.5) is 4.39 Å². The maximum Gasteiger partial charge on any atom is 0.261 e. The molecule has 1 aliphatic heterocycles. The van der Waals surface area contributed by atoms with Crippen LogP contribution in [0.5, 0.6) is 0 Å². The molecule has 0 bridgehead atoms. The van der Waals surface area contributed by atoms with Gasteiger partial charge in [0, 0.05) is 29.2 Å². The molecule has 0 saturated carbocycles. The van der Waals surface area contributed by atoms with Crippen molar-refractivity contribution in [2.75, 3.05) is 19.6 Å². The van der Waals surface area contributed by atoms with Gasteiger partial charge in [0.2, 0.25) is 5.91 Å². The quantitative estimate of drug-likeness (QED) is 0.893. The van der Waals surface area contributed by atoms with Crippen LogP contribution in [0.15, 0.2) is 24.3 Å². The van der Waals surface area contributed by atoms with Crippen LogP contribution < -0.4 is 11.1 Å². The number of amides is 2. The van der Waals surface area contributed by atoms with Crippen LogP contribution in [-0.2, 0) is 4.79 Å². The van der Waals surface area contributed by atoms with Gasteiger partial charge in [-0.25, -0.2) is 4.39 Å². The fourth-order valence-electron chi connectivity index (χ4n) is 2.85. The summed E-state index contributed by atoms with van der Waals surface area (Å²) in [4.78, 5) is 25.8. The third kappa shape index (κ3) is 3.68. The van der Waals surface area contributed by atoms with Gasteiger partial charge in [0.05, 0.1) is 11.4 Å². The first-order valence-electron chi connectivity index (χ1n) is 7.52. The Bertz CT molecular complexity index is 738. The number of nitrogens with zero attached hydrogens (tertiary/aromatic N) is 1. The van der Waals surface area contributed by atoms with E-state index >= 15 is 0 Å². The molecule has 1 aliphatic rings. The minimum atomic E-state index is -0.334. The van der Waals surface area contributed by atoms with Crippen LogP contribution in [0.2, 0.25) is 0 Å². The molecule has 3 N–H and O–H groups in total. The summed E-state index contributed by atoms with van der Waals surface area (Å²) in [7, 11) is 0. The number of primary amides is 1. The minimum Gasteiger partial charge on any atom is -0.369 e. The maximum absolute atomic E-state index is 13.7. The number of carbonyl (C=O) groups is 2. The standard InChI is InChI=1S/C16H18FN3O2S/c17-12-2-1-3-13-11(12)8-14(23-13)16(22)19-10-4-6-20(7-5-10)9-15(18)21/h1-3,8,10H,4-7,9H2,(H2,18,21)(H,19,22). The van der Waals surface area contributed by atoms with Crippen LogP contribution in [0.3, 0.4) is 0 Å². The Morgan fingerprint density at radius 1 is 1.35 bits per heavy atom. The molecule has 2 heterocycles. The zero-order valence-corrected chi connectivity index (χ0v) is 13.4. The van der Waals surface area contributed by atoms with Gasteiger partial charge >= 0.3 is 0 Å². The average Bonchev–Trinajstić information content (AvgIpc) is 2.94. The minimum absolute atomic E-state index is 0.0710. The van der Waals surface area contributed by atoms with Crippen LogP contribution in [-0.4, -0.2) is 42.4 Å². The number of carbonyl (C=O) groups excluding carboxylic acids is 2. The number of likely N-dealkylation sites (tertiary alicyclic amines) is 1. The highest BCUT2D eigenvalue weighted by Crippen LogP contribution is 2.27. The molecule has 2 amide bonds. The molecule has 1 saturated heterocycles.